The number of hydrogen-bond acceptors (Lipinski definition) is 2. The maximum Gasteiger partial charge on any atom is 0.220 e. The zero-order valence-corrected chi connectivity index (χ0v) is 10.0. The molecule has 0 radical (unpaired) electrons. The van der Waals surface area contributed by atoms with Gasteiger partial charge < -0.3 is 11.1 Å². The maximum atomic E-state index is 11.8. The molecule has 1 aliphatic carbocycles. The van der Waals surface area contributed by atoms with Gasteiger partial charge in [-0.05, 0) is 37.6 Å². The van der Waals surface area contributed by atoms with Gasteiger partial charge in [0, 0.05) is 12.5 Å². The van der Waals surface area contributed by atoms with Gasteiger partial charge in [-0.25, -0.2) is 0 Å². The van der Waals surface area contributed by atoms with Crippen molar-refractivity contribution in [2.75, 3.05) is 6.54 Å². The van der Waals surface area contributed by atoms with Crippen LogP contribution in [0.1, 0.15) is 52.4 Å². The summed E-state index contributed by atoms with van der Waals surface area (Å²) in [5.74, 6) is 0.189. The summed E-state index contributed by atoms with van der Waals surface area (Å²) >= 11 is 0. The molecule has 3 heteroatoms. The van der Waals surface area contributed by atoms with Crippen LogP contribution in [0, 0.1) is 5.41 Å². The van der Waals surface area contributed by atoms with Crippen LogP contribution in [0.25, 0.3) is 0 Å². The Bertz CT molecular complexity index is 202. The van der Waals surface area contributed by atoms with Crippen LogP contribution < -0.4 is 11.1 Å². The molecule has 0 unspecified atom stereocenters. The molecule has 1 amide bonds. The molecule has 0 heterocycles. The van der Waals surface area contributed by atoms with Crippen LogP contribution in [0.5, 0.6) is 0 Å². The fourth-order valence-corrected chi connectivity index (χ4v) is 2.24. The van der Waals surface area contributed by atoms with E-state index < -0.39 is 0 Å². The Kier molecular flexibility index (Phi) is 4.58. The third kappa shape index (κ3) is 3.20. The summed E-state index contributed by atoms with van der Waals surface area (Å²) in [5.41, 5.74) is 5.87. The van der Waals surface area contributed by atoms with Crippen LogP contribution in [-0.2, 0) is 4.79 Å². The number of carbonyl (C=O) groups is 1. The summed E-state index contributed by atoms with van der Waals surface area (Å²) < 4.78 is 0. The Hall–Kier alpha value is -0.570. The highest BCUT2D eigenvalue weighted by Crippen LogP contribution is 2.42. The quantitative estimate of drug-likeness (QED) is 0.705. The molecule has 0 aromatic rings. The monoisotopic (exact) mass is 212 g/mol. The van der Waals surface area contributed by atoms with Crippen LogP contribution in [0.2, 0.25) is 0 Å². The Morgan fingerprint density at radius 1 is 1.40 bits per heavy atom. The zero-order chi connectivity index (χ0) is 11.3. The van der Waals surface area contributed by atoms with Gasteiger partial charge in [0.25, 0.3) is 0 Å². The normalized spacial score (nSPS) is 18.7. The Morgan fingerprint density at radius 2 is 2.00 bits per heavy atom. The lowest BCUT2D eigenvalue weighted by molar-refractivity contribution is -0.125. The minimum absolute atomic E-state index is 0.135. The summed E-state index contributed by atoms with van der Waals surface area (Å²) in [4.78, 5) is 11.8. The average molecular weight is 212 g/mol. The second-order valence-electron chi connectivity index (χ2n) is 4.82. The van der Waals surface area contributed by atoms with E-state index in [1.54, 1.807) is 0 Å². The summed E-state index contributed by atoms with van der Waals surface area (Å²) in [6.07, 6.45) is 6.13. The van der Waals surface area contributed by atoms with Crippen molar-refractivity contribution in [3.63, 3.8) is 0 Å². The number of nitrogens with one attached hydrogen (secondary N) is 1. The Balaban J connectivity index is 2.34. The number of hydrogen-bond donors (Lipinski definition) is 2. The van der Waals surface area contributed by atoms with E-state index in [0.717, 1.165) is 25.7 Å². The number of carbonyl (C=O) groups excluding carboxylic acids is 1. The van der Waals surface area contributed by atoms with Gasteiger partial charge in [0.15, 0.2) is 0 Å². The van der Waals surface area contributed by atoms with Crippen LogP contribution in [0.15, 0.2) is 0 Å². The lowest BCUT2D eigenvalue weighted by Gasteiger charge is -2.40. The molecule has 88 valence electrons. The second kappa shape index (κ2) is 5.50. The Labute approximate surface area is 92.8 Å². The van der Waals surface area contributed by atoms with Gasteiger partial charge in [0.05, 0.1) is 0 Å². The fraction of sp³-hybridized carbons (Fsp3) is 0.917. The van der Waals surface area contributed by atoms with Crippen LogP contribution in [-0.4, -0.2) is 18.5 Å². The molecule has 0 saturated heterocycles. The predicted molar refractivity (Wildman–Crippen MR) is 62.5 cm³/mol. The van der Waals surface area contributed by atoms with Gasteiger partial charge in [0.2, 0.25) is 5.91 Å². The Morgan fingerprint density at radius 3 is 2.33 bits per heavy atom. The lowest BCUT2D eigenvalue weighted by atomic mass is 9.66. The average Bonchev–Trinajstić information content (AvgIpc) is 2.20. The number of nitrogens with two attached hydrogens (primary N) is 1. The molecule has 3 N–H and O–H groups in total. The fourth-order valence-electron chi connectivity index (χ4n) is 2.24. The molecule has 1 fully saturated rings. The molecule has 1 rings (SSSR count). The number of rotatable bonds is 6. The first-order valence-electron chi connectivity index (χ1n) is 6.15. The first kappa shape index (κ1) is 12.5. The zero-order valence-electron chi connectivity index (χ0n) is 10.0. The molecular weight excluding hydrogens is 188 g/mol. The van der Waals surface area contributed by atoms with Crippen LogP contribution in [0.4, 0.5) is 0 Å². The second-order valence-corrected chi connectivity index (χ2v) is 4.82. The largest absolute Gasteiger partial charge is 0.353 e. The SMILES string of the molecule is CCC(CC)NC(=O)CC1(CN)CCC1. The molecule has 0 spiro atoms. The molecule has 3 nitrogen and oxygen atoms in total. The first-order chi connectivity index (χ1) is 7.15. The summed E-state index contributed by atoms with van der Waals surface area (Å²) in [6.45, 7) is 4.87. The molecule has 0 aliphatic heterocycles. The van der Waals surface area contributed by atoms with E-state index in [-0.39, 0.29) is 11.3 Å². The van der Waals surface area contributed by atoms with Crippen molar-refractivity contribution in [1.29, 1.82) is 0 Å². The molecule has 15 heavy (non-hydrogen) atoms. The molecular formula is C12H24N2O. The minimum Gasteiger partial charge on any atom is -0.353 e. The van der Waals surface area contributed by atoms with E-state index in [1.807, 2.05) is 0 Å². The van der Waals surface area contributed by atoms with E-state index in [4.69, 9.17) is 5.73 Å². The van der Waals surface area contributed by atoms with Gasteiger partial charge in [-0.3, -0.25) is 4.79 Å². The van der Waals surface area contributed by atoms with Crippen molar-refractivity contribution >= 4 is 5.91 Å². The summed E-state index contributed by atoms with van der Waals surface area (Å²) in [7, 11) is 0. The molecule has 1 aliphatic rings. The van der Waals surface area contributed by atoms with E-state index in [0.29, 0.717) is 19.0 Å². The third-order valence-corrected chi connectivity index (χ3v) is 3.73. The third-order valence-electron chi connectivity index (χ3n) is 3.73. The topological polar surface area (TPSA) is 55.1 Å². The lowest BCUT2D eigenvalue weighted by Crippen LogP contribution is -2.44. The molecule has 0 atom stereocenters. The predicted octanol–water partition coefficient (Wildman–Crippen LogP) is 1.81. The van der Waals surface area contributed by atoms with Gasteiger partial charge >= 0.3 is 0 Å². The molecule has 0 aromatic heterocycles. The molecule has 0 bridgehead atoms. The highest BCUT2D eigenvalue weighted by atomic mass is 16.1. The molecule has 1 saturated carbocycles. The van der Waals surface area contributed by atoms with Gasteiger partial charge in [0.1, 0.15) is 0 Å². The molecule has 0 aromatic carbocycles. The van der Waals surface area contributed by atoms with E-state index in [1.165, 1.54) is 6.42 Å². The van der Waals surface area contributed by atoms with Crippen molar-refractivity contribution in [3.05, 3.63) is 0 Å². The van der Waals surface area contributed by atoms with Crippen molar-refractivity contribution < 1.29 is 4.79 Å². The van der Waals surface area contributed by atoms with Gasteiger partial charge in [-0.15, -0.1) is 0 Å². The van der Waals surface area contributed by atoms with E-state index in [9.17, 15) is 4.79 Å². The van der Waals surface area contributed by atoms with Crippen molar-refractivity contribution in [2.24, 2.45) is 11.1 Å². The highest BCUT2D eigenvalue weighted by Gasteiger charge is 2.37. The van der Waals surface area contributed by atoms with Crippen LogP contribution in [0.3, 0.4) is 0 Å². The smallest absolute Gasteiger partial charge is 0.220 e. The van der Waals surface area contributed by atoms with E-state index in [2.05, 4.69) is 19.2 Å². The summed E-state index contributed by atoms with van der Waals surface area (Å²) in [5, 5.41) is 3.08. The van der Waals surface area contributed by atoms with E-state index >= 15 is 0 Å². The minimum atomic E-state index is 0.135. The van der Waals surface area contributed by atoms with Crippen molar-refractivity contribution in [1.82, 2.24) is 5.32 Å². The maximum absolute atomic E-state index is 11.8. The van der Waals surface area contributed by atoms with Gasteiger partial charge in [-0.1, -0.05) is 20.3 Å². The van der Waals surface area contributed by atoms with Crippen LogP contribution >= 0.6 is 0 Å². The first-order valence-corrected chi connectivity index (χ1v) is 6.15. The number of amides is 1. The van der Waals surface area contributed by atoms with Crippen molar-refractivity contribution in [2.45, 2.75) is 58.4 Å². The highest BCUT2D eigenvalue weighted by molar-refractivity contribution is 5.77. The van der Waals surface area contributed by atoms with Gasteiger partial charge in [-0.2, -0.15) is 0 Å². The standard InChI is InChI=1S/C12H24N2O/c1-3-10(4-2)14-11(15)8-12(9-13)6-5-7-12/h10H,3-9,13H2,1-2H3,(H,14,15). The van der Waals surface area contributed by atoms with Crippen molar-refractivity contribution in [3.8, 4) is 0 Å². The summed E-state index contributed by atoms with van der Waals surface area (Å²) in [6, 6.07) is 0.340.